The van der Waals surface area contributed by atoms with Gasteiger partial charge in [-0.25, -0.2) is 14.2 Å². The molecule has 2 aliphatic rings. The molecular weight excluding hydrogens is 577 g/mol. The lowest BCUT2D eigenvalue weighted by atomic mass is 9.88. The SMILES string of the molecule is COC(=O)c1cc(OC(F)F)c2nc(CN3CCC(c4cccc5c4OC[C@H](c4ccc(C#N)cc4F)O5)CC3)n(C)c2c1. The van der Waals surface area contributed by atoms with Gasteiger partial charge in [0.1, 0.15) is 23.8 Å². The lowest BCUT2D eigenvalue weighted by molar-refractivity contribution is -0.0489. The van der Waals surface area contributed by atoms with Gasteiger partial charge in [-0.15, -0.1) is 0 Å². The minimum atomic E-state index is -3.07. The topological polar surface area (TPSA) is 98.8 Å². The summed E-state index contributed by atoms with van der Waals surface area (Å²) in [7, 11) is 2.99. The maximum atomic E-state index is 14.6. The number of hydrogen-bond acceptors (Lipinski definition) is 8. The summed E-state index contributed by atoms with van der Waals surface area (Å²) in [5.74, 6) is 0.727. The Labute approximate surface area is 251 Å². The number of methoxy groups -OCH3 is 1. The number of benzene rings is 3. The molecule has 3 heterocycles. The number of nitriles is 1. The predicted molar refractivity (Wildman–Crippen MR) is 152 cm³/mol. The molecule has 0 spiro atoms. The van der Waals surface area contributed by atoms with Crippen LogP contribution in [0.1, 0.15) is 57.7 Å². The van der Waals surface area contributed by atoms with Crippen molar-refractivity contribution in [3.8, 4) is 23.3 Å². The van der Waals surface area contributed by atoms with Crippen LogP contribution in [0.2, 0.25) is 0 Å². The molecule has 1 aromatic heterocycles. The summed E-state index contributed by atoms with van der Waals surface area (Å²) in [5, 5.41) is 9.03. The number of alkyl halides is 2. The highest BCUT2D eigenvalue weighted by Crippen LogP contribution is 2.44. The zero-order valence-electron chi connectivity index (χ0n) is 24.1. The van der Waals surface area contributed by atoms with Crippen LogP contribution in [0.5, 0.6) is 17.2 Å². The number of nitrogens with zero attached hydrogens (tertiary/aromatic N) is 4. The normalized spacial score (nSPS) is 17.1. The molecule has 9 nitrogen and oxygen atoms in total. The third-order valence-corrected chi connectivity index (χ3v) is 8.21. The number of aromatic nitrogens is 2. The van der Waals surface area contributed by atoms with Crippen molar-refractivity contribution in [2.75, 3.05) is 26.8 Å². The van der Waals surface area contributed by atoms with E-state index in [4.69, 9.17) is 24.2 Å². The van der Waals surface area contributed by atoms with Crippen LogP contribution in [0.4, 0.5) is 13.2 Å². The average Bonchev–Trinajstić information content (AvgIpc) is 3.34. The quantitative estimate of drug-likeness (QED) is 0.241. The molecule has 1 fully saturated rings. The molecule has 0 amide bonds. The Balaban J connectivity index is 1.15. The summed E-state index contributed by atoms with van der Waals surface area (Å²) in [6.45, 7) is -0.940. The molecule has 228 valence electrons. The molecule has 3 aromatic carbocycles. The third-order valence-electron chi connectivity index (χ3n) is 8.21. The Bertz CT molecular complexity index is 1760. The second kappa shape index (κ2) is 12.1. The molecule has 0 aliphatic carbocycles. The monoisotopic (exact) mass is 606 g/mol. The van der Waals surface area contributed by atoms with Gasteiger partial charge >= 0.3 is 12.6 Å². The van der Waals surface area contributed by atoms with Crippen molar-refractivity contribution < 1.29 is 36.9 Å². The van der Waals surface area contributed by atoms with E-state index in [2.05, 4.69) is 9.88 Å². The number of carbonyl (C=O) groups excluding carboxylic acids is 1. The van der Waals surface area contributed by atoms with Crippen LogP contribution < -0.4 is 14.2 Å². The van der Waals surface area contributed by atoms with Gasteiger partial charge in [0, 0.05) is 18.2 Å². The standard InChI is InChI=1S/C32H29F3N4O5/c1-38-24-13-20(31(40)41-2)14-26(44-32(34)35)29(24)37-28(38)16-39-10-8-19(9-11-39)21-4-3-5-25-30(21)42-17-27(43-25)22-7-6-18(15-36)12-23(22)33/h3-7,12-14,19,27,32H,8-11,16-17H2,1-2H3/t27-/m1/s1. The number of ether oxygens (including phenoxy) is 4. The number of rotatable bonds is 7. The van der Waals surface area contributed by atoms with Crippen molar-refractivity contribution in [1.82, 2.24) is 14.5 Å². The Morgan fingerprint density at radius 2 is 1.95 bits per heavy atom. The van der Waals surface area contributed by atoms with Crippen LogP contribution in [0.15, 0.2) is 48.5 Å². The first-order valence-corrected chi connectivity index (χ1v) is 14.1. The number of hydrogen-bond donors (Lipinski definition) is 0. The molecule has 6 rings (SSSR count). The number of imidazole rings is 1. The van der Waals surface area contributed by atoms with Crippen molar-refractivity contribution in [2.45, 2.75) is 38.0 Å². The maximum absolute atomic E-state index is 14.6. The van der Waals surface area contributed by atoms with Crippen LogP contribution in [-0.2, 0) is 18.3 Å². The van der Waals surface area contributed by atoms with Gasteiger partial charge in [0.25, 0.3) is 0 Å². The lowest BCUT2D eigenvalue weighted by Crippen LogP contribution is -2.33. The van der Waals surface area contributed by atoms with Crippen LogP contribution in [-0.4, -0.2) is 53.8 Å². The van der Waals surface area contributed by atoms with E-state index in [1.165, 1.54) is 19.2 Å². The number of likely N-dealkylation sites (tertiary alicyclic amines) is 1. The minimum Gasteiger partial charge on any atom is -0.485 e. The molecule has 44 heavy (non-hydrogen) atoms. The molecule has 0 saturated carbocycles. The van der Waals surface area contributed by atoms with Crippen LogP contribution in [0.3, 0.4) is 0 Å². The van der Waals surface area contributed by atoms with Crippen molar-refractivity contribution in [1.29, 1.82) is 5.26 Å². The fourth-order valence-electron chi connectivity index (χ4n) is 5.93. The van der Waals surface area contributed by atoms with Crippen LogP contribution in [0.25, 0.3) is 11.0 Å². The lowest BCUT2D eigenvalue weighted by Gasteiger charge is -2.34. The van der Waals surface area contributed by atoms with Gasteiger partial charge in [0.05, 0.1) is 36.4 Å². The first kappa shape index (κ1) is 29.3. The van der Waals surface area contributed by atoms with Crippen LogP contribution >= 0.6 is 0 Å². The summed E-state index contributed by atoms with van der Waals surface area (Å²) in [4.78, 5) is 19.0. The first-order valence-electron chi connectivity index (χ1n) is 14.1. The maximum Gasteiger partial charge on any atom is 0.387 e. The second-order valence-electron chi connectivity index (χ2n) is 10.8. The summed E-state index contributed by atoms with van der Waals surface area (Å²) in [6, 6.07) is 14.8. The van der Waals surface area contributed by atoms with Gasteiger partial charge in [0.2, 0.25) is 0 Å². The van der Waals surface area contributed by atoms with E-state index < -0.39 is 24.5 Å². The van der Waals surface area contributed by atoms with E-state index in [0.29, 0.717) is 34.9 Å². The second-order valence-corrected chi connectivity index (χ2v) is 10.8. The van der Waals surface area contributed by atoms with Crippen molar-refractivity contribution in [3.05, 3.63) is 82.4 Å². The Hall–Kier alpha value is -4.76. The highest BCUT2D eigenvalue weighted by Gasteiger charge is 2.31. The summed E-state index contributed by atoms with van der Waals surface area (Å²) >= 11 is 0. The summed E-state index contributed by atoms with van der Waals surface area (Å²) in [5.41, 5.74) is 2.44. The van der Waals surface area contributed by atoms with Crippen molar-refractivity contribution >= 4 is 17.0 Å². The summed E-state index contributed by atoms with van der Waals surface area (Å²) in [6.07, 6.45) is 1.05. The van der Waals surface area contributed by atoms with E-state index in [9.17, 15) is 18.0 Å². The molecule has 0 radical (unpaired) electrons. The van der Waals surface area contributed by atoms with Crippen molar-refractivity contribution in [3.63, 3.8) is 0 Å². The largest absolute Gasteiger partial charge is 0.485 e. The third kappa shape index (κ3) is 5.63. The van der Waals surface area contributed by atoms with Crippen molar-refractivity contribution in [2.24, 2.45) is 7.05 Å². The van der Waals surface area contributed by atoms with Gasteiger partial charge in [-0.3, -0.25) is 4.90 Å². The molecular formula is C32H29F3N4O5. The Morgan fingerprint density at radius 1 is 1.16 bits per heavy atom. The molecule has 12 heteroatoms. The summed E-state index contributed by atoms with van der Waals surface area (Å²) < 4.78 is 64.5. The number of aryl methyl sites for hydroxylation is 1. The number of piperidine rings is 1. The van der Waals surface area contributed by atoms with E-state index >= 15 is 0 Å². The van der Waals surface area contributed by atoms with E-state index in [0.717, 1.165) is 31.5 Å². The van der Waals surface area contributed by atoms with Gasteiger partial charge in [0.15, 0.2) is 23.4 Å². The molecule has 4 aromatic rings. The molecule has 2 aliphatic heterocycles. The van der Waals surface area contributed by atoms with E-state index in [1.807, 2.05) is 24.3 Å². The molecule has 0 unspecified atom stereocenters. The highest BCUT2D eigenvalue weighted by molar-refractivity contribution is 5.96. The molecule has 0 bridgehead atoms. The zero-order valence-corrected chi connectivity index (χ0v) is 24.1. The van der Waals surface area contributed by atoms with E-state index in [1.54, 1.807) is 29.8 Å². The van der Waals surface area contributed by atoms with E-state index in [-0.39, 0.29) is 34.9 Å². The Kier molecular flexibility index (Phi) is 8.05. The minimum absolute atomic E-state index is 0.0942. The number of esters is 1. The predicted octanol–water partition coefficient (Wildman–Crippen LogP) is 5.86. The smallest absolute Gasteiger partial charge is 0.387 e. The molecule has 1 saturated heterocycles. The average molecular weight is 607 g/mol. The fourth-order valence-corrected chi connectivity index (χ4v) is 5.93. The van der Waals surface area contributed by atoms with Gasteiger partial charge < -0.3 is 23.5 Å². The molecule has 0 N–H and O–H groups in total. The van der Waals surface area contributed by atoms with Crippen LogP contribution in [0, 0.1) is 17.1 Å². The number of carbonyl (C=O) groups is 1. The van der Waals surface area contributed by atoms with Gasteiger partial charge in [-0.2, -0.15) is 14.0 Å². The number of halogens is 3. The first-order chi connectivity index (χ1) is 21.2. The fraction of sp³-hybridized carbons (Fsp3) is 0.344. The highest BCUT2D eigenvalue weighted by atomic mass is 19.3. The Morgan fingerprint density at radius 3 is 2.66 bits per heavy atom. The zero-order chi connectivity index (χ0) is 31.0. The van der Waals surface area contributed by atoms with Gasteiger partial charge in [-0.05, 0) is 62.2 Å². The number of fused-ring (bicyclic) bond motifs is 2. The molecule has 1 atom stereocenters. The number of para-hydroxylation sites is 1. The van der Waals surface area contributed by atoms with Gasteiger partial charge in [-0.1, -0.05) is 18.2 Å².